The normalized spacial score (nSPS) is 9.29. The summed E-state index contributed by atoms with van der Waals surface area (Å²) in [5.74, 6) is 0. The topological polar surface area (TPSA) is 63.3 Å². The van der Waals surface area contributed by atoms with Crippen molar-refractivity contribution < 1.29 is 9.46 Å². The molecule has 0 rings (SSSR count). The van der Waals surface area contributed by atoms with Gasteiger partial charge >= 0.3 is 0 Å². The SMILES string of the molecule is CN.CP(C)(=O)O. The first-order valence-electron chi connectivity index (χ1n) is 1.85. The second-order valence-corrected chi connectivity index (χ2v) is 3.88. The summed E-state index contributed by atoms with van der Waals surface area (Å²) >= 11 is 0. The molecular weight excluding hydrogens is 113 g/mol. The van der Waals surface area contributed by atoms with Crippen LogP contribution >= 0.6 is 7.37 Å². The minimum atomic E-state index is -2.64. The number of hydrogen-bond acceptors (Lipinski definition) is 2. The Bertz CT molecular complexity index is 59.1. The van der Waals surface area contributed by atoms with Crippen LogP contribution in [-0.2, 0) is 4.57 Å². The highest BCUT2D eigenvalue weighted by atomic mass is 31.2. The largest absolute Gasteiger partial charge is 0.345 e. The Kier molecular flexibility index (Phi) is 6.28. The van der Waals surface area contributed by atoms with Crippen LogP contribution in [-0.4, -0.2) is 25.3 Å². The molecule has 3 N–H and O–H groups in total. The van der Waals surface area contributed by atoms with E-state index >= 15 is 0 Å². The average molecular weight is 125 g/mol. The predicted octanol–water partition coefficient (Wildman–Crippen LogP) is 0.0913. The van der Waals surface area contributed by atoms with Crippen LogP contribution in [0.15, 0.2) is 0 Å². The molecule has 0 atom stereocenters. The highest BCUT2D eigenvalue weighted by Crippen LogP contribution is 2.27. The third kappa shape index (κ3) is 4710. The molecule has 0 aromatic heterocycles. The van der Waals surface area contributed by atoms with Gasteiger partial charge in [0.15, 0.2) is 7.37 Å². The first-order valence-corrected chi connectivity index (χ1v) is 4.41. The van der Waals surface area contributed by atoms with Gasteiger partial charge in [-0.2, -0.15) is 0 Å². The molecule has 0 spiro atoms. The summed E-state index contributed by atoms with van der Waals surface area (Å²) in [7, 11) is -1.14. The van der Waals surface area contributed by atoms with Gasteiger partial charge < -0.3 is 10.6 Å². The quantitative estimate of drug-likeness (QED) is 0.451. The molecule has 0 unspecified atom stereocenters. The van der Waals surface area contributed by atoms with Crippen molar-refractivity contribution >= 4 is 7.37 Å². The van der Waals surface area contributed by atoms with Gasteiger partial charge in [-0.3, -0.25) is 4.57 Å². The zero-order valence-corrected chi connectivity index (χ0v) is 5.77. The molecule has 0 aliphatic carbocycles. The predicted molar refractivity (Wildman–Crippen MR) is 31.8 cm³/mol. The molecule has 0 fully saturated rings. The number of hydrogen-bond donors (Lipinski definition) is 2. The van der Waals surface area contributed by atoms with E-state index in [1.807, 2.05) is 0 Å². The molecule has 0 aliphatic rings. The van der Waals surface area contributed by atoms with Crippen molar-refractivity contribution in [3.8, 4) is 0 Å². The molecule has 46 valence electrons. The van der Waals surface area contributed by atoms with E-state index in [0.29, 0.717) is 0 Å². The molecule has 0 saturated heterocycles. The van der Waals surface area contributed by atoms with Crippen molar-refractivity contribution in [2.24, 2.45) is 5.73 Å². The van der Waals surface area contributed by atoms with E-state index in [9.17, 15) is 4.57 Å². The van der Waals surface area contributed by atoms with Gasteiger partial charge in [-0.25, -0.2) is 0 Å². The van der Waals surface area contributed by atoms with Crippen LogP contribution < -0.4 is 5.73 Å². The van der Waals surface area contributed by atoms with Gasteiger partial charge in [0.05, 0.1) is 0 Å². The van der Waals surface area contributed by atoms with Crippen molar-refractivity contribution in [2.75, 3.05) is 20.4 Å². The molecule has 4 heteroatoms. The van der Waals surface area contributed by atoms with E-state index in [-0.39, 0.29) is 0 Å². The summed E-state index contributed by atoms with van der Waals surface area (Å²) in [6, 6.07) is 0. The fourth-order valence-electron chi connectivity index (χ4n) is 0. The average Bonchev–Trinajstić information content (AvgIpc) is 1.36. The summed E-state index contributed by atoms with van der Waals surface area (Å²) in [5.41, 5.74) is 4.50. The molecule has 0 aromatic rings. The van der Waals surface area contributed by atoms with E-state index < -0.39 is 7.37 Å². The standard InChI is InChI=1S/C2H7O2P.CH5N/c1-5(2,3)4;1-2/h1-2H3,(H,3,4);2H2,1H3. The molecular formula is C3H12NO2P. The lowest BCUT2D eigenvalue weighted by atomic mass is 11.6. The summed E-state index contributed by atoms with van der Waals surface area (Å²) < 4.78 is 9.77. The van der Waals surface area contributed by atoms with Gasteiger partial charge in [0.2, 0.25) is 0 Å². The maximum Gasteiger partial charge on any atom is 0.194 e. The van der Waals surface area contributed by atoms with Crippen LogP contribution in [0.5, 0.6) is 0 Å². The second kappa shape index (κ2) is 4.31. The van der Waals surface area contributed by atoms with Gasteiger partial charge in [-0.15, -0.1) is 0 Å². The first kappa shape index (κ1) is 10.2. The van der Waals surface area contributed by atoms with Crippen molar-refractivity contribution in [1.29, 1.82) is 0 Å². The van der Waals surface area contributed by atoms with E-state index in [2.05, 4.69) is 5.73 Å². The van der Waals surface area contributed by atoms with Crippen LogP contribution in [0.25, 0.3) is 0 Å². The zero-order valence-electron chi connectivity index (χ0n) is 4.88. The van der Waals surface area contributed by atoms with E-state index in [1.165, 1.54) is 20.4 Å². The van der Waals surface area contributed by atoms with Crippen molar-refractivity contribution in [2.45, 2.75) is 0 Å². The lowest BCUT2D eigenvalue weighted by Crippen LogP contribution is -1.69. The summed E-state index contributed by atoms with van der Waals surface area (Å²) in [4.78, 5) is 8.08. The van der Waals surface area contributed by atoms with Gasteiger partial charge in [-0.1, -0.05) is 0 Å². The van der Waals surface area contributed by atoms with Crippen molar-refractivity contribution in [3.63, 3.8) is 0 Å². The highest BCUT2D eigenvalue weighted by molar-refractivity contribution is 7.56. The molecule has 3 nitrogen and oxygen atoms in total. The monoisotopic (exact) mass is 125 g/mol. The highest BCUT2D eigenvalue weighted by Gasteiger charge is 1.92. The third-order valence-corrected chi connectivity index (χ3v) is 0. The van der Waals surface area contributed by atoms with Crippen LogP contribution in [0.2, 0.25) is 0 Å². The Morgan fingerprint density at radius 3 is 1.43 bits per heavy atom. The summed E-state index contributed by atoms with van der Waals surface area (Å²) in [5, 5.41) is 0. The molecule has 0 aromatic carbocycles. The second-order valence-electron chi connectivity index (χ2n) is 1.29. The Hall–Kier alpha value is 0.150. The summed E-state index contributed by atoms with van der Waals surface area (Å²) in [6.07, 6.45) is 0. The minimum absolute atomic E-state index is 1.30. The third-order valence-electron chi connectivity index (χ3n) is 0. The number of nitrogens with two attached hydrogens (primary N) is 1. The molecule has 0 saturated carbocycles. The fourth-order valence-corrected chi connectivity index (χ4v) is 0. The molecule has 0 bridgehead atoms. The van der Waals surface area contributed by atoms with Gasteiger partial charge in [-0.05, 0) is 7.05 Å². The van der Waals surface area contributed by atoms with Crippen LogP contribution in [0, 0.1) is 0 Å². The lowest BCUT2D eigenvalue weighted by Gasteiger charge is -1.86. The van der Waals surface area contributed by atoms with Gasteiger partial charge in [0.25, 0.3) is 0 Å². The summed E-state index contributed by atoms with van der Waals surface area (Å²) in [6.45, 7) is 2.60. The Morgan fingerprint density at radius 2 is 1.43 bits per heavy atom. The molecule has 0 amide bonds. The Morgan fingerprint density at radius 1 is 1.43 bits per heavy atom. The van der Waals surface area contributed by atoms with Crippen LogP contribution in [0.4, 0.5) is 0 Å². The smallest absolute Gasteiger partial charge is 0.194 e. The van der Waals surface area contributed by atoms with E-state index in [4.69, 9.17) is 4.89 Å². The van der Waals surface area contributed by atoms with Gasteiger partial charge in [0, 0.05) is 13.3 Å². The Balaban J connectivity index is 0. The first-order chi connectivity index (χ1) is 3.00. The maximum absolute atomic E-state index is 9.77. The van der Waals surface area contributed by atoms with Crippen molar-refractivity contribution in [1.82, 2.24) is 0 Å². The van der Waals surface area contributed by atoms with Crippen LogP contribution in [0.3, 0.4) is 0 Å². The lowest BCUT2D eigenvalue weighted by molar-refractivity contribution is 0.492. The molecule has 0 radical (unpaired) electrons. The van der Waals surface area contributed by atoms with E-state index in [1.54, 1.807) is 0 Å². The molecule has 0 heterocycles. The fraction of sp³-hybridized carbons (Fsp3) is 1.00. The minimum Gasteiger partial charge on any atom is -0.345 e. The maximum atomic E-state index is 9.77. The molecule has 0 aliphatic heterocycles. The molecule has 7 heavy (non-hydrogen) atoms. The zero-order chi connectivity index (χ0) is 6.50. The van der Waals surface area contributed by atoms with Gasteiger partial charge in [0.1, 0.15) is 0 Å². The van der Waals surface area contributed by atoms with Crippen LogP contribution in [0.1, 0.15) is 0 Å². The Labute approximate surface area is 44.0 Å². The van der Waals surface area contributed by atoms with Crippen molar-refractivity contribution in [3.05, 3.63) is 0 Å². The number of rotatable bonds is 0. The van der Waals surface area contributed by atoms with E-state index in [0.717, 1.165) is 0 Å².